The van der Waals surface area contributed by atoms with E-state index in [0.29, 0.717) is 11.1 Å². The van der Waals surface area contributed by atoms with Crippen LogP contribution < -0.4 is 0 Å². The maximum atomic E-state index is 14.0. The summed E-state index contributed by atoms with van der Waals surface area (Å²) >= 11 is 0. The summed E-state index contributed by atoms with van der Waals surface area (Å²) in [5, 5.41) is 0. The van der Waals surface area contributed by atoms with Gasteiger partial charge in [0.2, 0.25) is 0 Å². The molecule has 5 nitrogen and oxygen atoms in total. The minimum atomic E-state index is -1.24. The molecule has 134 valence electrons. The van der Waals surface area contributed by atoms with Crippen LogP contribution in [0.4, 0.5) is 9.18 Å². The number of amides is 3. The van der Waals surface area contributed by atoms with Gasteiger partial charge in [0.1, 0.15) is 11.4 Å². The van der Waals surface area contributed by atoms with E-state index in [1.165, 1.54) is 18.0 Å². The summed E-state index contributed by atoms with van der Waals surface area (Å²) in [5.41, 5.74) is -0.464. The van der Waals surface area contributed by atoms with Crippen LogP contribution in [-0.2, 0) is 11.2 Å². The summed E-state index contributed by atoms with van der Waals surface area (Å²) in [4.78, 5) is 40.1. The molecular weight excluding hydrogens is 335 g/mol. The number of Topliss-reactive ketones (excluding diaryl/α,β-unsaturated/α-hetero) is 1. The van der Waals surface area contributed by atoms with E-state index in [-0.39, 0.29) is 18.7 Å². The lowest BCUT2D eigenvalue weighted by Crippen LogP contribution is -2.47. The van der Waals surface area contributed by atoms with Gasteiger partial charge in [0.05, 0.1) is 6.54 Å². The Hall–Kier alpha value is -3.02. The van der Waals surface area contributed by atoms with Gasteiger partial charge >= 0.3 is 6.03 Å². The molecule has 0 aliphatic carbocycles. The van der Waals surface area contributed by atoms with Crippen molar-refractivity contribution in [3.63, 3.8) is 0 Å². The number of nitrogens with zero attached hydrogens (tertiary/aromatic N) is 2. The smallest absolute Gasteiger partial charge is 0.313 e. The van der Waals surface area contributed by atoms with Crippen molar-refractivity contribution in [1.29, 1.82) is 0 Å². The molecule has 0 N–H and O–H groups in total. The molecule has 0 saturated carbocycles. The summed E-state index contributed by atoms with van der Waals surface area (Å²) in [5.74, 6) is -1.26. The Bertz CT molecular complexity index is 868. The predicted molar refractivity (Wildman–Crippen MR) is 94.2 cm³/mol. The number of benzene rings is 2. The molecule has 26 heavy (non-hydrogen) atoms. The van der Waals surface area contributed by atoms with Crippen LogP contribution in [0, 0.1) is 5.82 Å². The van der Waals surface area contributed by atoms with E-state index < -0.39 is 23.3 Å². The van der Waals surface area contributed by atoms with Gasteiger partial charge in [-0.15, -0.1) is 0 Å². The molecule has 0 bridgehead atoms. The first kappa shape index (κ1) is 17.8. The van der Waals surface area contributed by atoms with Crippen molar-refractivity contribution in [1.82, 2.24) is 9.80 Å². The first-order valence-corrected chi connectivity index (χ1v) is 8.26. The summed E-state index contributed by atoms with van der Waals surface area (Å²) in [6, 6.07) is 14.1. The van der Waals surface area contributed by atoms with Gasteiger partial charge in [0.25, 0.3) is 5.91 Å². The second-order valence-electron chi connectivity index (χ2n) is 6.56. The number of urea groups is 1. The molecule has 2 aromatic carbocycles. The molecule has 1 fully saturated rings. The van der Waals surface area contributed by atoms with Crippen molar-refractivity contribution >= 4 is 17.7 Å². The fraction of sp³-hybridized carbons (Fsp3) is 0.250. The van der Waals surface area contributed by atoms with Crippen LogP contribution in [0.1, 0.15) is 22.8 Å². The van der Waals surface area contributed by atoms with E-state index in [9.17, 15) is 18.8 Å². The predicted octanol–water partition coefficient (Wildman–Crippen LogP) is 2.90. The Balaban J connectivity index is 1.84. The molecule has 3 rings (SSSR count). The highest BCUT2D eigenvalue weighted by molar-refractivity contribution is 6.11. The third kappa shape index (κ3) is 2.98. The van der Waals surface area contributed by atoms with Gasteiger partial charge in [-0.05, 0) is 18.6 Å². The summed E-state index contributed by atoms with van der Waals surface area (Å²) in [6.07, 6.45) is 0.0385. The van der Waals surface area contributed by atoms with Crippen LogP contribution >= 0.6 is 0 Å². The van der Waals surface area contributed by atoms with Crippen LogP contribution in [0.15, 0.2) is 54.6 Å². The van der Waals surface area contributed by atoms with Crippen LogP contribution in [0.2, 0.25) is 0 Å². The lowest BCUT2D eigenvalue weighted by Gasteiger charge is -2.28. The molecule has 2 aromatic rings. The molecule has 1 saturated heterocycles. The Morgan fingerprint density at radius 1 is 1.04 bits per heavy atom. The monoisotopic (exact) mass is 354 g/mol. The van der Waals surface area contributed by atoms with E-state index in [1.807, 2.05) is 0 Å². The molecule has 1 unspecified atom stereocenters. The highest BCUT2D eigenvalue weighted by Gasteiger charge is 2.53. The van der Waals surface area contributed by atoms with Gasteiger partial charge in [-0.2, -0.15) is 0 Å². The molecule has 0 aromatic heterocycles. The lowest BCUT2D eigenvalue weighted by atomic mass is 9.91. The topological polar surface area (TPSA) is 57.7 Å². The van der Waals surface area contributed by atoms with E-state index >= 15 is 0 Å². The molecule has 1 heterocycles. The molecule has 0 spiro atoms. The quantitative estimate of drug-likeness (QED) is 0.613. The average Bonchev–Trinajstić information content (AvgIpc) is 2.80. The van der Waals surface area contributed by atoms with Crippen molar-refractivity contribution in [2.75, 3.05) is 13.6 Å². The van der Waals surface area contributed by atoms with E-state index in [1.54, 1.807) is 55.5 Å². The summed E-state index contributed by atoms with van der Waals surface area (Å²) < 4.78 is 14.0. The Labute approximate surface area is 151 Å². The van der Waals surface area contributed by atoms with Crippen molar-refractivity contribution < 1.29 is 18.8 Å². The zero-order valence-electron chi connectivity index (χ0n) is 14.6. The molecule has 0 radical (unpaired) electrons. The third-order valence-corrected chi connectivity index (χ3v) is 4.85. The molecule has 1 atom stereocenters. The number of hydrogen-bond acceptors (Lipinski definition) is 3. The Kier molecular flexibility index (Phi) is 4.59. The molecular formula is C20H19FN2O3. The van der Waals surface area contributed by atoms with E-state index in [0.717, 1.165) is 4.90 Å². The number of likely N-dealkylation sites (N-methyl/N-ethyl adjacent to an activating group) is 1. The second kappa shape index (κ2) is 6.71. The standard InChI is InChI=1S/C20H19FN2O3/c1-20(12-15-10-6-7-11-16(15)21)18(25)23(19(26)22(20)2)13-17(24)14-8-4-3-5-9-14/h3-11H,12-13H2,1-2H3. The zero-order chi connectivity index (χ0) is 18.9. The zero-order valence-corrected chi connectivity index (χ0v) is 14.6. The molecule has 6 heteroatoms. The summed E-state index contributed by atoms with van der Waals surface area (Å²) in [7, 11) is 1.49. The first-order valence-electron chi connectivity index (χ1n) is 8.26. The fourth-order valence-electron chi connectivity index (χ4n) is 3.12. The molecule has 3 amide bonds. The minimum absolute atomic E-state index is 0.0385. The van der Waals surface area contributed by atoms with Crippen LogP contribution in [0.5, 0.6) is 0 Å². The number of halogens is 1. The largest absolute Gasteiger partial charge is 0.327 e. The van der Waals surface area contributed by atoms with Crippen molar-refractivity contribution in [3.8, 4) is 0 Å². The number of ketones is 1. The Morgan fingerprint density at radius 3 is 2.31 bits per heavy atom. The van der Waals surface area contributed by atoms with Gasteiger partial charge in [-0.3, -0.25) is 14.5 Å². The lowest BCUT2D eigenvalue weighted by molar-refractivity contribution is -0.132. The third-order valence-electron chi connectivity index (χ3n) is 4.85. The van der Waals surface area contributed by atoms with Crippen molar-refractivity contribution in [2.24, 2.45) is 0 Å². The highest BCUT2D eigenvalue weighted by Crippen LogP contribution is 2.31. The number of rotatable bonds is 5. The highest BCUT2D eigenvalue weighted by atomic mass is 19.1. The van der Waals surface area contributed by atoms with Gasteiger partial charge in [0.15, 0.2) is 5.78 Å². The number of carbonyl (C=O) groups is 3. The van der Waals surface area contributed by atoms with Crippen LogP contribution in [0.3, 0.4) is 0 Å². The maximum Gasteiger partial charge on any atom is 0.327 e. The normalized spacial score (nSPS) is 20.0. The van der Waals surface area contributed by atoms with E-state index in [4.69, 9.17) is 0 Å². The number of imide groups is 1. The van der Waals surface area contributed by atoms with Gasteiger partial charge in [0, 0.05) is 19.0 Å². The first-order chi connectivity index (χ1) is 12.3. The molecule has 1 aliphatic rings. The minimum Gasteiger partial charge on any atom is -0.313 e. The summed E-state index contributed by atoms with van der Waals surface area (Å²) in [6.45, 7) is 1.26. The van der Waals surface area contributed by atoms with Crippen LogP contribution in [0.25, 0.3) is 0 Å². The van der Waals surface area contributed by atoms with Crippen LogP contribution in [-0.4, -0.2) is 46.7 Å². The second-order valence-corrected chi connectivity index (χ2v) is 6.56. The van der Waals surface area contributed by atoms with Crippen molar-refractivity contribution in [3.05, 3.63) is 71.5 Å². The van der Waals surface area contributed by atoms with E-state index in [2.05, 4.69) is 0 Å². The molecule has 1 aliphatic heterocycles. The number of hydrogen-bond donors (Lipinski definition) is 0. The Morgan fingerprint density at radius 2 is 1.65 bits per heavy atom. The average molecular weight is 354 g/mol. The maximum absolute atomic E-state index is 14.0. The van der Waals surface area contributed by atoms with Gasteiger partial charge in [-0.25, -0.2) is 9.18 Å². The van der Waals surface area contributed by atoms with Gasteiger partial charge < -0.3 is 4.90 Å². The number of carbonyl (C=O) groups excluding carboxylic acids is 3. The SMILES string of the molecule is CN1C(=O)N(CC(=O)c2ccccc2)C(=O)C1(C)Cc1ccccc1F. The fourth-order valence-corrected chi connectivity index (χ4v) is 3.12. The van der Waals surface area contributed by atoms with Crippen molar-refractivity contribution in [2.45, 2.75) is 18.9 Å². The van der Waals surface area contributed by atoms with Gasteiger partial charge in [-0.1, -0.05) is 48.5 Å².